The van der Waals surface area contributed by atoms with Gasteiger partial charge in [-0.05, 0) is 36.2 Å². The Bertz CT molecular complexity index is 937. The third-order valence-corrected chi connectivity index (χ3v) is 4.21. The molecule has 0 saturated carbocycles. The highest BCUT2D eigenvalue weighted by molar-refractivity contribution is 5.97. The van der Waals surface area contributed by atoms with Crippen LogP contribution in [0.25, 0.3) is 0 Å². The minimum absolute atomic E-state index is 0.238. The predicted molar refractivity (Wildman–Crippen MR) is 107 cm³/mol. The van der Waals surface area contributed by atoms with Crippen LogP contribution < -0.4 is 16.4 Å². The summed E-state index contributed by atoms with van der Waals surface area (Å²) in [5, 5.41) is 5.56. The monoisotopic (exact) mass is 359 g/mol. The number of carbonyl (C=O) groups excluding carboxylic acids is 2. The molecule has 5 heteroatoms. The number of benzene rings is 3. The lowest BCUT2D eigenvalue weighted by Gasteiger charge is -2.20. The molecule has 136 valence electrons. The summed E-state index contributed by atoms with van der Waals surface area (Å²) in [4.78, 5) is 23.9. The molecule has 3 rings (SSSR count). The Morgan fingerprint density at radius 1 is 0.852 bits per heavy atom. The summed E-state index contributed by atoms with van der Waals surface area (Å²) in [6.45, 7) is 2.02. The second-order valence-electron chi connectivity index (χ2n) is 6.30. The van der Waals surface area contributed by atoms with Crippen LogP contribution in [-0.2, 0) is 0 Å². The van der Waals surface area contributed by atoms with E-state index in [0.717, 1.165) is 16.7 Å². The van der Waals surface area contributed by atoms with E-state index in [2.05, 4.69) is 10.6 Å². The Labute approximate surface area is 158 Å². The summed E-state index contributed by atoms with van der Waals surface area (Å²) >= 11 is 0. The van der Waals surface area contributed by atoms with Gasteiger partial charge in [-0.1, -0.05) is 66.2 Å². The van der Waals surface area contributed by atoms with Crippen LogP contribution >= 0.6 is 0 Å². The topological polar surface area (TPSA) is 84.2 Å². The molecule has 0 radical (unpaired) electrons. The van der Waals surface area contributed by atoms with Gasteiger partial charge in [0.15, 0.2) is 0 Å². The highest BCUT2D eigenvalue weighted by Crippen LogP contribution is 2.23. The lowest BCUT2D eigenvalue weighted by atomic mass is 9.97. The van der Waals surface area contributed by atoms with Gasteiger partial charge in [0, 0.05) is 11.3 Å². The number of nitrogens with one attached hydrogen (secondary N) is 2. The van der Waals surface area contributed by atoms with Crippen molar-refractivity contribution in [3.8, 4) is 0 Å². The SMILES string of the molecule is Cc1ccc(C(NC(=O)c2cccc(NC(N)=O)c2)c2ccccc2)cc1. The molecule has 3 amide bonds. The Balaban J connectivity index is 1.89. The van der Waals surface area contributed by atoms with E-state index in [1.165, 1.54) is 0 Å². The van der Waals surface area contributed by atoms with Crippen molar-refractivity contribution in [3.05, 3.63) is 101 Å². The van der Waals surface area contributed by atoms with Crippen molar-refractivity contribution in [2.45, 2.75) is 13.0 Å². The smallest absolute Gasteiger partial charge is 0.316 e. The van der Waals surface area contributed by atoms with Crippen molar-refractivity contribution in [3.63, 3.8) is 0 Å². The van der Waals surface area contributed by atoms with Crippen LogP contribution in [0.5, 0.6) is 0 Å². The van der Waals surface area contributed by atoms with Crippen LogP contribution in [0.2, 0.25) is 0 Å². The summed E-state index contributed by atoms with van der Waals surface area (Å²) in [7, 11) is 0. The summed E-state index contributed by atoms with van der Waals surface area (Å²) in [6.07, 6.45) is 0. The summed E-state index contributed by atoms with van der Waals surface area (Å²) in [5.41, 5.74) is 9.19. The third kappa shape index (κ3) is 4.73. The largest absolute Gasteiger partial charge is 0.351 e. The van der Waals surface area contributed by atoms with Crippen LogP contribution in [0.15, 0.2) is 78.9 Å². The number of hydrogen-bond donors (Lipinski definition) is 3. The zero-order valence-corrected chi connectivity index (χ0v) is 15.0. The average molecular weight is 359 g/mol. The molecule has 0 aliphatic carbocycles. The number of carbonyl (C=O) groups is 2. The molecule has 0 aromatic heterocycles. The Morgan fingerprint density at radius 3 is 2.19 bits per heavy atom. The number of amides is 3. The zero-order valence-electron chi connectivity index (χ0n) is 15.0. The van der Waals surface area contributed by atoms with E-state index in [9.17, 15) is 9.59 Å². The summed E-state index contributed by atoms with van der Waals surface area (Å²) in [5.74, 6) is -0.238. The normalized spacial score (nSPS) is 11.4. The standard InChI is InChI=1S/C22H21N3O2/c1-15-10-12-17(13-11-15)20(16-6-3-2-4-7-16)25-21(26)18-8-5-9-19(14-18)24-22(23)27/h2-14,20H,1H3,(H,25,26)(H3,23,24,27). The Kier molecular flexibility index (Phi) is 5.52. The van der Waals surface area contributed by atoms with E-state index in [-0.39, 0.29) is 11.9 Å². The first-order valence-electron chi connectivity index (χ1n) is 8.62. The van der Waals surface area contributed by atoms with Gasteiger partial charge in [-0.3, -0.25) is 4.79 Å². The molecule has 4 N–H and O–H groups in total. The quantitative estimate of drug-likeness (QED) is 0.643. The molecular formula is C22H21N3O2. The van der Waals surface area contributed by atoms with Crippen LogP contribution in [0.4, 0.5) is 10.5 Å². The molecule has 0 bridgehead atoms. The molecule has 0 saturated heterocycles. The van der Waals surface area contributed by atoms with Crippen molar-refractivity contribution in [1.82, 2.24) is 5.32 Å². The van der Waals surface area contributed by atoms with Crippen LogP contribution in [-0.4, -0.2) is 11.9 Å². The highest BCUT2D eigenvalue weighted by Gasteiger charge is 2.18. The molecule has 0 aliphatic heterocycles. The van der Waals surface area contributed by atoms with Gasteiger partial charge < -0.3 is 16.4 Å². The molecule has 0 fully saturated rings. The van der Waals surface area contributed by atoms with E-state index in [1.54, 1.807) is 24.3 Å². The molecular weight excluding hydrogens is 338 g/mol. The van der Waals surface area contributed by atoms with Crippen molar-refractivity contribution >= 4 is 17.6 Å². The molecule has 3 aromatic carbocycles. The molecule has 0 aliphatic rings. The maximum atomic E-state index is 12.9. The van der Waals surface area contributed by atoms with Gasteiger partial charge in [-0.2, -0.15) is 0 Å². The first-order valence-corrected chi connectivity index (χ1v) is 8.62. The van der Waals surface area contributed by atoms with Gasteiger partial charge in [0.05, 0.1) is 6.04 Å². The summed E-state index contributed by atoms with van der Waals surface area (Å²) < 4.78 is 0. The van der Waals surface area contributed by atoms with Crippen molar-refractivity contribution in [1.29, 1.82) is 0 Å². The van der Waals surface area contributed by atoms with Gasteiger partial charge in [0.1, 0.15) is 0 Å². The number of aryl methyl sites for hydroxylation is 1. The van der Waals surface area contributed by atoms with E-state index >= 15 is 0 Å². The van der Waals surface area contributed by atoms with Crippen LogP contribution in [0.3, 0.4) is 0 Å². The first-order chi connectivity index (χ1) is 13.0. The maximum Gasteiger partial charge on any atom is 0.316 e. The van der Waals surface area contributed by atoms with Crippen LogP contribution in [0.1, 0.15) is 33.1 Å². The van der Waals surface area contributed by atoms with Crippen molar-refractivity contribution in [2.24, 2.45) is 5.73 Å². The lowest BCUT2D eigenvalue weighted by molar-refractivity contribution is 0.0943. The predicted octanol–water partition coefficient (Wildman–Crippen LogP) is 4.01. The number of anilines is 1. The van der Waals surface area contributed by atoms with E-state index in [1.807, 2.05) is 61.5 Å². The van der Waals surface area contributed by atoms with Gasteiger partial charge in [-0.15, -0.1) is 0 Å². The molecule has 3 aromatic rings. The minimum Gasteiger partial charge on any atom is -0.351 e. The van der Waals surface area contributed by atoms with Crippen LogP contribution in [0, 0.1) is 6.92 Å². The third-order valence-electron chi connectivity index (χ3n) is 4.21. The average Bonchev–Trinajstić information content (AvgIpc) is 2.67. The molecule has 27 heavy (non-hydrogen) atoms. The lowest BCUT2D eigenvalue weighted by Crippen LogP contribution is -2.29. The Hall–Kier alpha value is -3.60. The first kappa shape index (κ1) is 18.2. The number of nitrogens with two attached hydrogens (primary N) is 1. The Morgan fingerprint density at radius 2 is 1.52 bits per heavy atom. The van der Waals surface area contributed by atoms with E-state index in [0.29, 0.717) is 11.3 Å². The molecule has 0 spiro atoms. The molecule has 5 nitrogen and oxygen atoms in total. The fraction of sp³-hybridized carbons (Fsp3) is 0.0909. The van der Waals surface area contributed by atoms with Gasteiger partial charge >= 0.3 is 6.03 Å². The molecule has 0 heterocycles. The fourth-order valence-corrected chi connectivity index (χ4v) is 2.86. The second kappa shape index (κ2) is 8.19. The van der Waals surface area contributed by atoms with E-state index < -0.39 is 6.03 Å². The van der Waals surface area contributed by atoms with E-state index in [4.69, 9.17) is 5.73 Å². The number of hydrogen-bond acceptors (Lipinski definition) is 2. The number of urea groups is 1. The minimum atomic E-state index is -0.672. The van der Waals surface area contributed by atoms with Crippen molar-refractivity contribution < 1.29 is 9.59 Å². The molecule has 1 atom stereocenters. The zero-order chi connectivity index (χ0) is 19.2. The highest BCUT2D eigenvalue weighted by atomic mass is 16.2. The summed E-state index contributed by atoms with van der Waals surface area (Å²) in [6, 6.07) is 23.6. The molecule has 1 unspecified atom stereocenters. The van der Waals surface area contributed by atoms with Gasteiger partial charge in [0.25, 0.3) is 5.91 Å². The van der Waals surface area contributed by atoms with Gasteiger partial charge in [0.2, 0.25) is 0 Å². The fourth-order valence-electron chi connectivity index (χ4n) is 2.86. The van der Waals surface area contributed by atoms with Crippen molar-refractivity contribution in [2.75, 3.05) is 5.32 Å². The number of rotatable bonds is 5. The van der Waals surface area contributed by atoms with Gasteiger partial charge in [-0.25, -0.2) is 4.79 Å². The second-order valence-corrected chi connectivity index (χ2v) is 6.30. The maximum absolute atomic E-state index is 12.9. The number of primary amides is 1.